The van der Waals surface area contributed by atoms with E-state index in [9.17, 15) is 9.59 Å². The summed E-state index contributed by atoms with van der Waals surface area (Å²) in [6, 6.07) is 10.7. The van der Waals surface area contributed by atoms with Gasteiger partial charge in [-0.05, 0) is 55.8 Å². The van der Waals surface area contributed by atoms with Gasteiger partial charge >= 0.3 is 0 Å². The fraction of sp³-hybridized carbons (Fsp3) is 0.167. The number of hydrogen-bond acceptors (Lipinski definition) is 3. The molecule has 1 N–H and O–H groups in total. The minimum absolute atomic E-state index is 0.109. The molecular weight excluding hydrogens is 370 g/mol. The van der Waals surface area contributed by atoms with Crippen LogP contribution in [0, 0.1) is 6.92 Å². The maximum Gasteiger partial charge on any atom is 0.265 e. The molecule has 0 atom stereocenters. The van der Waals surface area contributed by atoms with E-state index in [-0.39, 0.29) is 11.1 Å². The van der Waals surface area contributed by atoms with E-state index >= 15 is 0 Å². The van der Waals surface area contributed by atoms with E-state index in [1.807, 2.05) is 32.0 Å². The highest BCUT2D eigenvalue weighted by atomic mass is 79.9. The zero-order chi connectivity index (χ0) is 17.3. The summed E-state index contributed by atoms with van der Waals surface area (Å²) in [5, 5.41) is 3.55. The predicted molar refractivity (Wildman–Crippen MR) is 98.5 cm³/mol. The Balaban J connectivity index is 2.05. The van der Waals surface area contributed by atoms with Crippen LogP contribution in [0.5, 0.6) is 0 Å². The SMILES string of the molecule is CCn1c(=O)c(C(=O)Nc2ccc(Br)c(C)c2)cc2cccnc21. The number of fused-ring (bicyclic) bond motifs is 1. The summed E-state index contributed by atoms with van der Waals surface area (Å²) in [7, 11) is 0. The second-order valence-electron chi connectivity index (χ2n) is 5.44. The molecule has 24 heavy (non-hydrogen) atoms. The summed E-state index contributed by atoms with van der Waals surface area (Å²) in [6.07, 6.45) is 1.64. The first-order valence-corrected chi connectivity index (χ1v) is 8.36. The topological polar surface area (TPSA) is 64.0 Å². The van der Waals surface area contributed by atoms with E-state index in [0.717, 1.165) is 15.4 Å². The van der Waals surface area contributed by atoms with Gasteiger partial charge < -0.3 is 5.32 Å². The number of aryl methyl sites for hydroxylation is 2. The minimum atomic E-state index is -0.422. The quantitative estimate of drug-likeness (QED) is 0.746. The van der Waals surface area contributed by atoms with E-state index in [1.54, 1.807) is 24.4 Å². The molecule has 0 aliphatic rings. The zero-order valence-electron chi connectivity index (χ0n) is 13.3. The van der Waals surface area contributed by atoms with E-state index in [0.29, 0.717) is 17.9 Å². The standard InChI is InChI=1S/C18H16BrN3O2/c1-3-22-16-12(5-4-8-20-16)10-14(18(22)24)17(23)21-13-6-7-15(19)11(2)9-13/h4-10H,3H2,1-2H3,(H,21,23). The molecule has 0 radical (unpaired) electrons. The molecule has 0 bridgehead atoms. The van der Waals surface area contributed by atoms with Crippen molar-refractivity contribution in [3.8, 4) is 0 Å². The van der Waals surface area contributed by atoms with Gasteiger partial charge in [-0.1, -0.05) is 15.9 Å². The van der Waals surface area contributed by atoms with Crippen LogP contribution in [0.15, 0.2) is 51.9 Å². The van der Waals surface area contributed by atoms with E-state index in [1.165, 1.54) is 4.57 Å². The van der Waals surface area contributed by atoms with Crippen LogP contribution in [0.25, 0.3) is 11.0 Å². The molecule has 3 rings (SSSR count). The zero-order valence-corrected chi connectivity index (χ0v) is 14.9. The number of nitrogens with one attached hydrogen (secondary N) is 1. The summed E-state index contributed by atoms with van der Waals surface area (Å²) >= 11 is 3.43. The molecule has 3 aromatic rings. The largest absolute Gasteiger partial charge is 0.322 e. The van der Waals surface area contributed by atoms with Crippen LogP contribution in [-0.4, -0.2) is 15.5 Å². The van der Waals surface area contributed by atoms with Gasteiger partial charge in [0.05, 0.1) is 0 Å². The lowest BCUT2D eigenvalue weighted by molar-refractivity contribution is 0.102. The van der Waals surface area contributed by atoms with Gasteiger partial charge in [0.1, 0.15) is 11.2 Å². The Kier molecular flexibility index (Phi) is 4.49. The first-order valence-electron chi connectivity index (χ1n) is 7.57. The molecule has 122 valence electrons. The van der Waals surface area contributed by atoms with E-state index in [4.69, 9.17) is 0 Å². The lowest BCUT2D eigenvalue weighted by Gasteiger charge is -2.11. The normalized spacial score (nSPS) is 10.8. The van der Waals surface area contributed by atoms with Crippen molar-refractivity contribution in [2.75, 3.05) is 5.32 Å². The van der Waals surface area contributed by atoms with Crippen molar-refractivity contribution in [2.24, 2.45) is 0 Å². The number of benzene rings is 1. The summed E-state index contributed by atoms with van der Waals surface area (Å²) in [5.74, 6) is -0.422. The van der Waals surface area contributed by atoms with Gasteiger partial charge in [0.2, 0.25) is 0 Å². The van der Waals surface area contributed by atoms with Crippen LogP contribution < -0.4 is 10.9 Å². The molecule has 5 nitrogen and oxygen atoms in total. The van der Waals surface area contributed by atoms with Crippen molar-refractivity contribution >= 4 is 38.6 Å². The number of carbonyl (C=O) groups excluding carboxylic acids is 1. The van der Waals surface area contributed by atoms with Gasteiger partial charge in [-0.15, -0.1) is 0 Å². The van der Waals surface area contributed by atoms with Crippen LogP contribution in [-0.2, 0) is 6.54 Å². The summed E-state index contributed by atoms with van der Waals surface area (Å²) in [5.41, 5.74) is 2.00. The number of pyridine rings is 2. The summed E-state index contributed by atoms with van der Waals surface area (Å²) in [4.78, 5) is 29.5. The van der Waals surface area contributed by atoms with Crippen molar-refractivity contribution in [2.45, 2.75) is 20.4 Å². The number of halogens is 1. The Morgan fingerprint density at radius 3 is 2.79 bits per heavy atom. The first-order chi connectivity index (χ1) is 11.5. The molecule has 2 heterocycles. The van der Waals surface area contributed by atoms with Crippen LogP contribution in [0.1, 0.15) is 22.8 Å². The molecule has 1 aromatic carbocycles. The molecular formula is C18H16BrN3O2. The fourth-order valence-electron chi connectivity index (χ4n) is 2.58. The van der Waals surface area contributed by atoms with Gasteiger partial charge in [-0.25, -0.2) is 4.98 Å². The third kappa shape index (κ3) is 2.97. The van der Waals surface area contributed by atoms with Crippen molar-refractivity contribution in [3.05, 3.63) is 68.5 Å². The molecule has 0 fully saturated rings. The lowest BCUT2D eigenvalue weighted by Crippen LogP contribution is -2.29. The van der Waals surface area contributed by atoms with Gasteiger partial charge in [-0.2, -0.15) is 0 Å². The Morgan fingerprint density at radius 1 is 1.29 bits per heavy atom. The third-order valence-corrected chi connectivity index (χ3v) is 4.71. The number of anilines is 1. The summed E-state index contributed by atoms with van der Waals surface area (Å²) < 4.78 is 2.47. The van der Waals surface area contributed by atoms with E-state index < -0.39 is 5.91 Å². The Hall–Kier alpha value is -2.47. The summed E-state index contributed by atoms with van der Waals surface area (Å²) in [6.45, 7) is 4.24. The van der Waals surface area contributed by atoms with E-state index in [2.05, 4.69) is 26.2 Å². The first kappa shape index (κ1) is 16.4. The molecule has 2 aromatic heterocycles. The van der Waals surface area contributed by atoms with Crippen LogP contribution in [0.3, 0.4) is 0 Å². The van der Waals surface area contributed by atoms with Crippen molar-refractivity contribution < 1.29 is 4.79 Å². The highest BCUT2D eigenvalue weighted by molar-refractivity contribution is 9.10. The second-order valence-corrected chi connectivity index (χ2v) is 6.30. The molecule has 0 aliphatic heterocycles. The number of amides is 1. The Morgan fingerprint density at radius 2 is 2.08 bits per heavy atom. The second kappa shape index (κ2) is 6.57. The Labute approximate surface area is 147 Å². The highest BCUT2D eigenvalue weighted by Gasteiger charge is 2.16. The number of rotatable bonds is 3. The van der Waals surface area contributed by atoms with Gasteiger partial charge in [0.25, 0.3) is 11.5 Å². The number of carbonyl (C=O) groups is 1. The van der Waals surface area contributed by atoms with Crippen LogP contribution >= 0.6 is 15.9 Å². The highest BCUT2D eigenvalue weighted by Crippen LogP contribution is 2.20. The maximum atomic E-state index is 12.6. The monoisotopic (exact) mass is 385 g/mol. The smallest absolute Gasteiger partial charge is 0.265 e. The lowest BCUT2D eigenvalue weighted by atomic mass is 10.1. The van der Waals surface area contributed by atoms with Gasteiger partial charge in [0.15, 0.2) is 0 Å². The third-order valence-electron chi connectivity index (χ3n) is 3.82. The fourth-order valence-corrected chi connectivity index (χ4v) is 2.83. The minimum Gasteiger partial charge on any atom is -0.322 e. The maximum absolute atomic E-state index is 12.6. The number of aromatic nitrogens is 2. The molecule has 0 unspecified atom stereocenters. The molecule has 0 saturated carbocycles. The number of hydrogen-bond donors (Lipinski definition) is 1. The van der Waals surface area contributed by atoms with Crippen LogP contribution in [0.4, 0.5) is 5.69 Å². The average molecular weight is 386 g/mol. The molecule has 6 heteroatoms. The van der Waals surface area contributed by atoms with Gasteiger partial charge in [0, 0.05) is 28.3 Å². The van der Waals surface area contributed by atoms with Crippen molar-refractivity contribution in [1.82, 2.24) is 9.55 Å². The molecule has 0 aliphatic carbocycles. The van der Waals surface area contributed by atoms with Gasteiger partial charge in [-0.3, -0.25) is 14.2 Å². The van der Waals surface area contributed by atoms with Crippen molar-refractivity contribution in [3.63, 3.8) is 0 Å². The molecule has 1 amide bonds. The predicted octanol–water partition coefficient (Wildman–Crippen LogP) is 3.74. The van der Waals surface area contributed by atoms with Crippen LogP contribution in [0.2, 0.25) is 0 Å². The molecule has 0 spiro atoms. The molecule has 0 saturated heterocycles. The average Bonchev–Trinajstić information content (AvgIpc) is 2.57. The number of nitrogens with zero attached hydrogens (tertiary/aromatic N) is 2. The Bertz CT molecular complexity index is 995. The van der Waals surface area contributed by atoms with Crippen molar-refractivity contribution in [1.29, 1.82) is 0 Å².